The standard InChI is InChI=1S/C24H27N3/c1-3-26-13-15-27(16-14-26)24-22-12-8-7-11-21(22)18-23(25-24)19(2)17-20-9-5-4-6-10-20/h4-12,17-18H,3,13-16H2,1-2H3/b19-17+. The summed E-state index contributed by atoms with van der Waals surface area (Å²) < 4.78 is 0. The molecule has 1 aromatic heterocycles. The van der Waals surface area contributed by atoms with Crippen molar-refractivity contribution in [3.05, 3.63) is 71.9 Å². The van der Waals surface area contributed by atoms with Gasteiger partial charge in [0.15, 0.2) is 0 Å². The Morgan fingerprint density at radius 3 is 2.41 bits per heavy atom. The van der Waals surface area contributed by atoms with E-state index in [-0.39, 0.29) is 0 Å². The summed E-state index contributed by atoms with van der Waals surface area (Å²) in [5.41, 5.74) is 3.47. The number of rotatable bonds is 4. The first-order valence-electron chi connectivity index (χ1n) is 9.85. The van der Waals surface area contributed by atoms with Gasteiger partial charge in [-0.05, 0) is 42.1 Å². The van der Waals surface area contributed by atoms with Gasteiger partial charge in [0.05, 0.1) is 5.69 Å². The van der Waals surface area contributed by atoms with Gasteiger partial charge < -0.3 is 9.80 Å². The predicted molar refractivity (Wildman–Crippen MR) is 116 cm³/mol. The predicted octanol–water partition coefficient (Wildman–Crippen LogP) is 4.94. The summed E-state index contributed by atoms with van der Waals surface area (Å²) in [4.78, 5) is 10.1. The molecule has 1 fully saturated rings. The number of anilines is 1. The molecule has 3 nitrogen and oxygen atoms in total. The number of aromatic nitrogens is 1. The minimum atomic E-state index is 1.04. The summed E-state index contributed by atoms with van der Waals surface area (Å²) in [5, 5.41) is 2.51. The van der Waals surface area contributed by atoms with Gasteiger partial charge in [-0.1, -0.05) is 61.5 Å². The van der Waals surface area contributed by atoms with E-state index in [1.807, 2.05) is 0 Å². The number of hydrogen-bond acceptors (Lipinski definition) is 3. The Morgan fingerprint density at radius 2 is 1.67 bits per heavy atom. The molecule has 0 radical (unpaired) electrons. The van der Waals surface area contributed by atoms with Crippen LogP contribution in [-0.4, -0.2) is 42.6 Å². The fourth-order valence-corrected chi connectivity index (χ4v) is 3.77. The number of hydrogen-bond donors (Lipinski definition) is 0. The Labute approximate surface area is 161 Å². The molecule has 0 N–H and O–H groups in total. The quantitative estimate of drug-likeness (QED) is 0.659. The molecule has 0 spiro atoms. The highest BCUT2D eigenvalue weighted by atomic mass is 15.3. The zero-order valence-corrected chi connectivity index (χ0v) is 16.2. The fourth-order valence-electron chi connectivity index (χ4n) is 3.77. The maximum atomic E-state index is 5.11. The van der Waals surface area contributed by atoms with Crippen LogP contribution in [-0.2, 0) is 0 Å². The van der Waals surface area contributed by atoms with E-state index >= 15 is 0 Å². The summed E-state index contributed by atoms with van der Waals surface area (Å²) in [6.45, 7) is 9.81. The molecule has 1 aliphatic heterocycles. The van der Waals surface area contributed by atoms with E-state index in [0.29, 0.717) is 0 Å². The molecule has 0 atom stereocenters. The van der Waals surface area contributed by atoms with E-state index in [1.165, 1.54) is 21.9 Å². The summed E-state index contributed by atoms with van der Waals surface area (Å²) in [6.07, 6.45) is 2.22. The van der Waals surface area contributed by atoms with Crippen LogP contribution in [0.5, 0.6) is 0 Å². The minimum Gasteiger partial charge on any atom is -0.354 e. The third-order valence-corrected chi connectivity index (χ3v) is 5.43. The number of benzene rings is 2. The van der Waals surface area contributed by atoms with Crippen LogP contribution in [0.15, 0.2) is 60.7 Å². The van der Waals surface area contributed by atoms with Gasteiger partial charge in [0.2, 0.25) is 0 Å². The highest BCUT2D eigenvalue weighted by molar-refractivity contribution is 5.95. The van der Waals surface area contributed by atoms with Gasteiger partial charge in [-0.25, -0.2) is 4.98 Å². The van der Waals surface area contributed by atoms with E-state index in [2.05, 4.69) is 90.4 Å². The highest BCUT2D eigenvalue weighted by Gasteiger charge is 2.19. The van der Waals surface area contributed by atoms with E-state index < -0.39 is 0 Å². The summed E-state index contributed by atoms with van der Waals surface area (Å²) >= 11 is 0. The number of piperazine rings is 1. The van der Waals surface area contributed by atoms with E-state index in [1.54, 1.807) is 0 Å². The van der Waals surface area contributed by atoms with Crippen molar-refractivity contribution >= 4 is 28.2 Å². The number of pyridine rings is 1. The Hall–Kier alpha value is -2.65. The fraction of sp³-hybridized carbons (Fsp3) is 0.292. The molecule has 3 aromatic rings. The second kappa shape index (κ2) is 7.93. The van der Waals surface area contributed by atoms with E-state index in [0.717, 1.165) is 44.2 Å². The number of likely N-dealkylation sites (N-methyl/N-ethyl adjacent to an activating group) is 1. The molecular formula is C24H27N3. The molecule has 4 rings (SSSR count). The van der Waals surface area contributed by atoms with Crippen LogP contribution in [0.4, 0.5) is 5.82 Å². The first kappa shape index (κ1) is 17.7. The SMILES string of the molecule is CCN1CCN(c2nc(/C(C)=C/c3ccccc3)cc3ccccc23)CC1. The van der Waals surface area contributed by atoms with Crippen LogP contribution < -0.4 is 4.90 Å². The van der Waals surface area contributed by atoms with Gasteiger partial charge in [0, 0.05) is 31.6 Å². The second-order valence-corrected chi connectivity index (χ2v) is 7.21. The molecule has 0 saturated carbocycles. The normalized spacial score (nSPS) is 16.1. The minimum absolute atomic E-state index is 1.04. The van der Waals surface area contributed by atoms with E-state index in [4.69, 9.17) is 4.98 Å². The molecule has 1 aliphatic rings. The van der Waals surface area contributed by atoms with Gasteiger partial charge in [-0.3, -0.25) is 0 Å². The zero-order valence-electron chi connectivity index (χ0n) is 16.2. The van der Waals surface area contributed by atoms with Gasteiger partial charge in [-0.2, -0.15) is 0 Å². The monoisotopic (exact) mass is 357 g/mol. The molecule has 27 heavy (non-hydrogen) atoms. The molecule has 0 bridgehead atoms. The van der Waals surface area contributed by atoms with Gasteiger partial charge in [-0.15, -0.1) is 0 Å². The van der Waals surface area contributed by atoms with E-state index in [9.17, 15) is 0 Å². The van der Waals surface area contributed by atoms with Gasteiger partial charge >= 0.3 is 0 Å². The van der Waals surface area contributed by atoms with Crippen molar-refractivity contribution < 1.29 is 0 Å². The summed E-state index contributed by atoms with van der Waals surface area (Å²) in [5.74, 6) is 1.12. The maximum Gasteiger partial charge on any atom is 0.137 e. The number of fused-ring (bicyclic) bond motifs is 1. The third kappa shape index (κ3) is 3.88. The van der Waals surface area contributed by atoms with Crippen molar-refractivity contribution in [2.45, 2.75) is 13.8 Å². The third-order valence-electron chi connectivity index (χ3n) is 5.43. The molecule has 0 amide bonds. The van der Waals surface area contributed by atoms with Crippen LogP contribution in [0.2, 0.25) is 0 Å². The van der Waals surface area contributed by atoms with Gasteiger partial charge in [0.25, 0.3) is 0 Å². The first-order valence-corrected chi connectivity index (χ1v) is 9.85. The average Bonchev–Trinajstić information content (AvgIpc) is 2.73. The second-order valence-electron chi connectivity index (χ2n) is 7.21. The molecule has 2 heterocycles. The van der Waals surface area contributed by atoms with Crippen molar-refractivity contribution in [2.75, 3.05) is 37.6 Å². The lowest BCUT2D eigenvalue weighted by Gasteiger charge is -2.35. The lowest BCUT2D eigenvalue weighted by atomic mass is 10.0. The van der Waals surface area contributed by atoms with Crippen molar-refractivity contribution in [1.29, 1.82) is 0 Å². The zero-order chi connectivity index (χ0) is 18.6. The molecule has 0 aliphatic carbocycles. The van der Waals surface area contributed by atoms with Crippen molar-refractivity contribution in [3.63, 3.8) is 0 Å². The Morgan fingerprint density at radius 1 is 0.963 bits per heavy atom. The van der Waals surface area contributed by atoms with Crippen molar-refractivity contribution in [1.82, 2.24) is 9.88 Å². The maximum absolute atomic E-state index is 5.11. The molecule has 138 valence electrons. The van der Waals surface area contributed by atoms with Crippen LogP contribution >= 0.6 is 0 Å². The Kier molecular flexibility index (Phi) is 5.21. The van der Waals surface area contributed by atoms with Crippen LogP contribution in [0.3, 0.4) is 0 Å². The lowest BCUT2D eigenvalue weighted by Crippen LogP contribution is -2.46. The number of allylic oxidation sites excluding steroid dienone is 1. The molecule has 2 aromatic carbocycles. The van der Waals surface area contributed by atoms with Crippen molar-refractivity contribution in [3.8, 4) is 0 Å². The average molecular weight is 358 g/mol. The topological polar surface area (TPSA) is 19.4 Å². The molecular weight excluding hydrogens is 330 g/mol. The smallest absolute Gasteiger partial charge is 0.137 e. The number of nitrogens with zero attached hydrogens (tertiary/aromatic N) is 3. The Balaban J connectivity index is 1.74. The highest BCUT2D eigenvalue weighted by Crippen LogP contribution is 2.29. The molecule has 0 unspecified atom stereocenters. The van der Waals surface area contributed by atoms with Crippen molar-refractivity contribution in [2.24, 2.45) is 0 Å². The van der Waals surface area contributed by atoms with Gasteiger partial charge in [0.1, 0.15) is 5.82 Å². The van der Waals surface area contributed by atoms with Crippen LogP contribution in [0.1, 0.15) is 25.1 Å². The largest absolute Gasteiger partial charge is 0.354 e. The van der Waals surface area contributed by atoms with Crippen LogP contribution in [0.25, 0.3) is 22.4 Å². The molecule has 1 saturated heterocycles. The van der Waals surface area contributed by atoms with Crippen LogP contribution in [0, 0.1) is 0 Å². The summed E-state index contributed by atoms with van der Waals surface area (Å²) in [6, 6.07) is 21.3. The first-order chi connectivity index (χ1) is 13.2. The molecule has 3 heteroatoms. The lowest BCUT2D eigenvalue weighted by molar-refractivity contribution is 0.271. The Bertz CT molecular complexity index is 938. The summed E-state index contributed by atoms with van der Waals surface area (Å²) in [7, 11) is 0.